The molecule has 2 nitrogen and oxygen atoms in total. The van der Waals surface area contributed by atoms with Crippen molar-refractivity contribution in [3.05, 3.63) is 35.8 Å². The summed E-state index contributed by atoms with van der Waals surface area (Å²) >= 11 is 0. The van der Waals surface area contributed by atoms with Crippen molar-refractivity contribution in [2.45, 2.75) is 53.6 Å². The van der Waals surface area contributed by atoms with Crippen LogP contribution in [0.1, 0.15) is 48.0 Å². The van der Waals surface area contributed by atoms with E-state index in [1.807, 2.05) is 6.21 Å². The molecule has 0 aromatic heterocycles. The van der Waals surface area contributed by atoms with Gasteiger partial charge in [0.25, 0.3) is 0 Å². The molecule has 1 heterocycles. The fraction of sp³-hybridized carbons (Fsp3) is 0.588. The maximum atomic E-state index is 6.25. The van der Waals surface area contributed by atoms with E-state index in [9.17, 15) is 0 Å². The Balaban J connectivity index is 2.35. The standard InChI is InChI=1S/C17H25NO/c1-7-16(5)10-8-13-14(9-11-16)19-17(6,12-18-13)15(2,3)4/h8-12H,7H2,1-6H3. The second kappa shape index (κ2) is 4.36. The van der Waals surface area contributed by atoms with E-state index in [0.29, 0.717) is 0 Å². The molecule has 0 aromatic rings. The fourth-order valence-electron chi connectivity index (χ4n) is 1.98. The molecule has 0 fully saturated rings. The lowest BCUT2D eigenvalue weighted by atomic mass is 9.78. The van der Waals surface area contributed by atoms with Crippen LogP contribution in [0.2, 0.25) is 0 Å². The normalized spacial score (nSPS) is 34.0. The van der Waals surface area contributed by atoms with Gasteiger partial charge in [0.05, 0.1) is 0 Å². The number of nitrogens with zero attached hydrogens (tertiary/aromatic N) is 1. The molecular formula is C17H25NO. The predicted molar refractivity (Wildman–Crippen MR) is 81.1 cm³/mol. The maximum Gasteiger partial charge on any atom is 0.146 e. The second-order valence-corrected chi connectivity index (χ2v) is 6.99. The van der Waals surface area contributed by atoms with E-state index in [0.717, 1.165) is 17.9 Å². The van der Waals surface area contributed by atoms with Crippen molar-refractivity contribution in [1.29, 1.82) is 0 Å². The summed E-state index contributed by atoms with van der Waals surface area (Å²) in [5.74, 6) is 0.883. The van der Waals surface area contributed by atoms with Crippen LogP contribution in [0.4, 0.5) is 0 Å². The van der Waals surface area contributed by atoms with E-state index in [1.165, 1.54) is 0 Å². The molecule has 104 valence electrons. The molecule has 0 bridgehead atoms. The summed E-state index contributed by atoms with van der Waals surface area (Å²) in [6, 6.07) is 0. The van der Waals surface area contributed by atoms with E-state index in [1.54, 1.807) is 0 Å². The molecular weight excluding hydrogens is 234 g/mol. The van der Waals surface area contributed by atoms with Gasteiger partial charge in [0.15, 0.2) is 0 Å². The highest BCUT2D eigenvalue weighted by atomic mass is 16.5. The zero-order valence-corrected chi connectivity index (χ0v) is 12.9. The number of aliphatic imine (C=N–C) groups is 1. The van der Waals surface area contributed by atoms with E-state index >= 15 is 0 Å². The Kier molecular flexibility index (Phi) is 3.24. The number of rotatable bonds is 1. The lowest BCUT2D eigenvalue weighted by Crippen LogP contribution is -2.45. The van der Waals surface area contributed by atoms with Crippen molar-refractivity contribution in [2.75, 3.05) is 0 Å². The van der Waals surface area contributed by atoms with Crippen LogP contribution in [0, 0.1) is 10.8 Å². The first-order chi connectivity index (χ1) is 8.69. The smallest absolute Gasteiger partial charge is 0.146 e. The lowest BCUT2D eigenvalue weighted by Gasteiger charge is -2.41. The van der Waals surface area contributed by atoms with Crippen LogP contribution >= 0.6 is 0 Å². The Morgan fingerprint density at radius 3 is 2.37 bits per heavy atom. The van der Waals surface area contributed by atoms with Crippen molar-refractivity contribution in [2.24, 2.45) is 15.8 Å². The van der Waals surface area contributed by atoms with Gasteiger partial charge in [-0.3, -0.25) is 4.99 Å². The monoisotopic (exact) mass is 259 g/mol. The van der Waals surface area contributed by atoms with Crippen LogP contribution in [0.15, 0.2) is 40.8 Å². The lowest BCUT2D eigenvalue weighted by molar-refractivity contribution is -0.00498. The highest BCUT2D eigenvalue weighted by molar-refractivity contribution is 5.73. The van der Waals surface area contributed by atoms with Gasteiger partial charge in [0.2, 0.25) is 0 Å². The third kappa shape index (κ3) is 2.54. The van der Waals surface area contributed by atoms with E-state index in [4.69, 9.17) is 4.74 Å². The number of hydrogen-bond acceptors (Lipinski definition) is 2. The first-order valence-electron chi connectivity index (χ1n) is 7.06. The van der Waals surface area contributed by atoms with E-state index in [2.05, 4.69) is 70.8 Å². The predicted octanol–water partition coefficient (Wildman–Crippen LogP) is 4.65. The zero-order chi connectivity index (χ0) is 14.3. The minimum absolute atomic E-state index is 0.00689. The third-order valence-corrected chi connectivity index (χ3v) is 4.51. The molecule has 0 saturated heterocycles. The molecule has 0 radical (unpaired) electrons. The van der Waals surface area contributed by atoms with Gasteiger partial charge in [0, 0.05) is 17.0 Å². The molecule has 1 aliphatic heterocycles. The molecule has 1 aliphatic carbocycles. The van der Waals surface area contributed by atoms with Crippen LogP contribution in [0.3, 0.4) is 0 Å². The van der Waals surface area contributed by atoms with Crippen LogP contribution in [-0.2, 0) is 4.74 Å². The average Bonchev–Trinajstić information content (AvgIpc) is 2.49. The van der Waals surface area contributed by atoms with E-state index < -0.39 is 0 Å². The molecule has 0 aromatic carbocycles. The van der Waals surface area contributed by atoms with E-state index in [-0.39, 0.29) is 16.4 Å². The van der Waals surface area contributed by atoms with Gasteiger partial charge < -0.3 is 4.74 Å². The Morgan fingerprint density at radius 1 is 1.16 bits per heavy atom. The Hall–Kier alpha value is -1.31. The minimum atomic E-state index is -0.364. The maximum absolute atomic E-state index is 6.25. The summed E-state index contributed by atoms with van der Waals surface area (Å²) < 4.78 is 6.25. The van der Waals surface area contributed by atoms with Gasteiger partial charge in [-0.15, -0.1) is 0 Å². The first-order valence-corrected chi connectivity index (χ1v) is 7.06. The molecule has 2 aliphatic rings. The quantitative estimate of drug-likeness (QED) is 0.672. The largest absolute Gasteiger partial charge is 0.479 e. The summed E-state index contributed by atoms with van der Waals surface area (Å²) in [5.41, 5.74) is 0.660. The van der Waals surface area contributed by atoms with Crippen LogP contribution in [0.5, 0.6) is 0 Å². The molecule has 2 atom stereocenters. The second-order valence-electron chi connectivity index (χ2n) is 6.99. The van der Waals surface area contributed by atoms with Gasteiger partial charge >= 0.3 is 0 Å². The summed E-state index contributed by atoms with van der Waals surface area (Å²) in [7, 11) is 0. The minimum Gasteiger partial charge on any atom is -0.479 e. The SMILES string of the molecule is CCC1(C)C=CC2=C(C=C1)OC(C)(C(C)(C)C)C=N2. The third-order valence-electron chi connectivity index (χ3n) is 4.51. The molecule has 2 unspecified atom stereocenters. The van der Waals surface area contributed by atoms with Crippen molar-refractivity contribution < 1.29 is 4.74 Å². The van der Waals surface area contributed by atoms with Crippen LogP contribution < -0.4 is 0 Å². The van der Waals surface area contributed by atoms with Gasteiger partial charge in [0.1, 0.15) is 17.1 Å². The van der Waals surface area contributed by atoms with Crippen molar-refractivity contribution in [1.82, 2.24) is 0 Å². The summed E-state index contributed by atoms with van der Waals surface area (Å²) in [5, 5.41) is 0. The highest BCUT2D eigenvalue weighted by Crippen LogP contribution is 2.39. The molecule has 0 saturated carbocycles. The number of allylic oxidation sites excluding steroid dienone is 4. The molecule has 2 heteroatoms. The average molecular weight is 259 g/mol. The first kappa shape index (κ1) is 14.1. The van der Waals surface area contributed by atoms with Crippen molar-refractivity contribution in [3.8, 4) is 0 Å². The summed E-state index contributed by atoms with van der Waals surface area (Å²) in [6.07, 6.45) is 11.6. The van der Waals surface area contributed by atoms with Crippen LogP contribution in [0.25, 0.3) is 0 Å². The number of hydrogen-bond donors (Lipinski definition) is 0. The molecule has 19 heavy (non-hydrogen) atoms. The molecule has 0 spiro atoms. The Labute approximate surface area is 117 Å². The topological polar surface area (TPSA) is 21.6 Å². The van der Waals surface area contributed by atoms with Gasteiger partial charge in [-0.2, -0.15) is 0 Å². The summed E-state index contributed by atoms with van der Waals surface area (Å²) in [6.45, 7) is 13.1. The highest BCUT2D eigenvalue weighted by Gasteiger charge is 2.41. The van der Waals surface area contributed by atoms with Crippen molar-refractivity contribution >= 4 is 6.21 Å². The summed E-state index contributed by atoms with van der Waals surface area (Å²) in [4.78, 5) is 4.62. The van der Waals surface area contributed by atoms with Crippen LogP contribution in [-0.4, -0.2) is 11.8 Å². The van der Waals surface area contributed by atoms with Crippen molar-refractivity contribution in [3.63, 3.8) is 0 Å². The zero-order valence-electron chi connectivity index (χ0n) is 12.9. The molecule has 2 rings (SSSR count). The Bertz CT molecular complexity index is 490. The molecule has 0 amide bonds. The molecule has 0 N–H and O–H groups in total. The Morgan fingerprint density at radius 2 is 1.79 bits per heavy atom. The van der Waals surface area contributed by atoms with Gasteiger partial charge in [-0.25, -0.2) is 0 Å². The van der Waals surface area contributed by atoms with Gasteiger partial charge in [-0.1, -0.05) is 46.8 Å². The van der Waals surface area contributed by atoms with Gasteiger partial charge in [-0.05, 0) is 25.5 Å². The fourth-order valence-corrected chi connectivity index (χ4v) is 1.98. The number of ether oxygens (including phenoxy) is 1.